The molecule has 0 heterocycles. The second kappa shape index (κ2) is 9.01. The van der Waals surface area contributed by atoms with Crippen LogP contribution in [-0.4, -0.2) is 47.8 Å². The van der Waals surface area contributed by atoms with Crippen molar-refractivity contribution in [2.75, 3.05) is 0 Å². The van der Waals surface area contributed by atoms with E-state index >= 15 is 0 Å². The lowest BCUT2D eigenvalue weighted by Gasteiger charge is -2.18. The van der Waals surface area contributed by atoms with Crippen molar-refractivity contribution < 1.29 is 19.5 Å². The molecule has 0 aliphatic carbocycles. The largest absolute Gasteiger partial charge is 0.480 e. The Morgan fingerprint density at radius 3 is 2.45 bits per heavy atom. The number of nitrogens with zero attached hydrogens (tertiary/aromatic N) is 1. The van der Waals surface area contributed by atoms with E-state index in [4.69, 9.17) is 10.8 Å². The summed E-state index contributed by atoms with van der Waals surface area (Å²) in [7, 11) is 0. The lowest BCUT2D eigenvalue weighted by Crippen LogP contribution is -2.49. The van der Waals surface area contributed by atoms with Crippen molar-refractivity contribution >= 4 is 30.6 Å². The molecule has 0 spiro atoms. The van der Waals surface area contributed by atoms with Crippen LogP contribution in [0.2, 0.25) is 0 Å². The molecule has 0 radical (unpaired) electrons. The minimum Gasteiger partial charge on any atom is -0.480 e. The van der Waals surface area contributed by atoms with Gasteiger partial charge >= 0.3 is 12.2 Å². The van der Waals surface area contributed by atoms with E-state index < -0.39 is 24.0 Å². The molecule has 0 saturated carbocycles. The van der Waals surface area contributed by atoms with Crippen LogP contribution in [0.15, 0.2) is 0 Å². The summed E-state index contributed by atoms with van der Waals surface area (Å²) >= 11 is 0. The highest BCUT2D eigenvalue weighted by Gasteiger charge is 2.24. The number of nitrogens with two attached hydrogens (primary N) is 1. The van der Waals surface area contributed by atoms with Crippen molar-refractivity contribution in [2.24, 2.45) is 11.7 Å². The van der Waals surface area contributed by atoms with Crippen LogP contribution in [0.25, 0.3) is 0 Å². The summed E-state index contributed by atoms with van der Waals surface area (Å²) in [6, 6.07) is -1.89. The number of rotatable bonds is 9. The number of ketones is 1. The van der Waals surface area contributed by atoms with E-state index in [0.29, 0.717) is 6.42 Å². The lowest BCUT2D eigenvalue weighted by atomic mass is 10.0. The van der Waals surface area contributed by atoms with Crippen LogP contribution in [-0.2, 0) is 14.4 Å². The normalized spacial score (nSPS) is 13.2. The fourth-order valence-corrected chi connectivity index (χ4v) is 1.60. The summed E-state index contributed by atoms with van der Waals surface area (Å²) < 4.78 is 3.30. The maximum absolute atomic E-state index is 11.7. The molecule has 7 heteroatoms. The number of aliphatic carboxylic acids is 1. The maximum atomic E-state index is 11.7. The van der Waals surface area contributed by atoms with Gasteiger partial charge in [0.05, 0.1) is 6.04 Å². The zero-order chi connectivity index (χ0) is 15.7. The summed E-state index contributed by atoms with van der Waals surface area (Å²) in [5, 5.41) is 11.4. The van der Waals surface area contributed by atoms with Crippen LogP contribution in [0.3, 0.4) is 0 Å². The van der Waals surface area contributed by atoms with Crippen molar-refractivity contribution in [1.29, 1.82) is 0 Å². The Hall–Kier alpha value is -1.98. The number of hydrogen-bond donors (Lipinski definition) is 3. The first-order valence-corrected chi connectivity index (χ1v) is 6.38. The van der Waals surface area contributed by atoms with Crippen molar-refractivity contribution in [3.8, 4) is 0 Å². The van der Waals surface area contributed by atoms with Crippen LogP contribution in [0.5, 0.6) is 0 Å². The SMILES string of the molecule is C=[N+]=CC(=O)CC[C@H](NC(=O)[C@@H](N)CC(C)C)C(=O)O. The van der Waals surface area contributed by atoms with Crippen molar-refractivity contribution in [3.63, 3.8) is 0 Å². The predicted molar refractivity (Wildman–Crippen MR) is 76.6 cm³/mol. The standard InChI is InChI=1S/C13H21N3O4/c1-8(2)6-10(14)12(18)16-11(13(19)20)5-4-9(17)7-15-3/h7-8,10-11H,3-6,14H2,1-2H3,(H-,16,18,19,20)/p+1/t10-,11-/m0/s1. The number of nitrogens with one attached hydrogen (secondary N) is 1. The van der Waals surface area contributed by atoms with Gasteiger partial charge in [-0.05, 0) is 18.8 Å². The van der Waals surface area contributed by atoms with E-state index in [1.807, 2.05) is 13.8 Å². The minimum absolute atomic E-state index is 0.0136. The van der Waals surface area contributed by atoms with Gasteiger partial charge in [-0.15, -0.1) is 4.67 Å². The molecular weight excluding hydrogens is 262 g/mol. The van der Waals surface area contributed by atoms with E-state index in [9.17, 15) is 14.4 Å². The number of Topliss-reactive ketones (excluding diaryl/α,β-unsaturated/α-hetero) is 1. The number of hydrogen-bond acceptors (Lipinski definition) is 4. The summed E-state index contributed by atoms with van der Waals surface area (Å²) in [6.45, 7) is 6.96. The number of carboxylic acid groups (broad SMARTS) is 1. The Balaban J connectivity index is 4.47. The highest BCUT2D eigenvalue weighted by molar-refractivity contribution is 6.27. The summed E-state index contributed by atoms with van der Waals surface area (Å²) in [5.41, 5.74) is 5.67. The first-order valence-electron chi connectivity index (χ1n) is 6.38. The van der Waals surface area contributed by atoms with Crippen LogP contribution in [0.4, 0.5) is 0 Å². The van der Waals surface area contributed by atoms with Gasteiger partial charge in [-0.3, -0.25) is 9.59 Å². The molecular formula is C13H22N3O4+. The van der Waals surface area contributed by atoms with Crippen LogP contribution in [0, 0.1) is 5.92 Å². The van der Waals surface area contributed by atoms with E-state index in [1.54, 1.807) is 0 Å². The van der Waals surface area contributed by atoms with Crippen molar-refractivity contribution in [3.05, 3.63) is 0 Å². The highest BCUT2D eigenvalue weighted by atomic mass is 16.4. The number of amides is 1. The van der Waals surface area contributed by atoms with Gasteiger partial charge in [0.25, 0.3) is 6.72 Å². The van der Waals surface area contributed by atoms with Gasteiger partial charge in [0.1, 0.15) is 6.04 Å². The van der Waals surface area contributed by atoms with Crippen LogP contribution < -0.4 is 15.7 Å². The Bertz CT molecular complexity index is 414. The molecule has 2 atom stereocenters. The minimum atomic E-state index is -1.20. The summed E-state index contributed by atoms with van der Waals surface area (Å²) in [5.74, 6) is -1.83. The van der Waals surface area contributed by atoms with Gasteiger partial charge in [-0.1, -0.05) is 13.8 Å². The molecule has 7 nitrogen and oxygen atoms in total. The fraction of sp³-hybridized carbons (Fsp3) is 0.615. The van der Waals surface area contributed by atoms with Crippen molar-refractivity contribution in [1.82, 2.24) is 9.98 Å². The number of carboxylic acids is 1. The van der Waals surface area contributed by atoms with Crippen molar-refractivity contribution in [2.45, 2.75) is 45.2 Å². The predicted octanol–water partition coefficient (Wildman–Crippen LogP) is -0.883. The van der Waals surface area contributed by atoms with Gasteiger partial charge in [-0.25, -0.2) is 4.79 Å². The van der Waals surface area contributed by atoms with Gasteiger partial charge in [0.15, 0.2) is 0 Å². The van der Waals surface area contributed by atoms with E-state index in [2.05, 4.69) is 16.7 Å². The lowest BCUT2D eigenvalue weighted by molar-refractivity contribution is -0.142. The number of carbonyl (C=O) groups is 3. The molecule has 112 valence electrons. The highest BCUT2D eigenvalue weighted by Crippen LogP contribution is 2.04. The second-order valence-electron chi connectivity index (χ2n) is 4.95. The Morgan fingerprint density at radius 2 is 2.00 bits per heavy atom. The summed E-state index contributed by atoms with van der Waals surface area (Å²) in [4.78, 5) is 34.0. The Morgan fingerprint density at radius 1 is 1.40 bits per heavy atom. The van der Waals surface area contributed by atoms with Gasteiger partial charge in [-0.2, -0.15) is 0 Å². The Kier molecular flexibility index (Phi) is 8.12. The maximum Gasteiger partial charge on any atom is 0.334 e. The molecule has 0 aromatic rings. The molecule has 0 aliphatic heterocycles. The first kappa shape index (κ1) is 18.0. The zero-order valence-corrected chi connectivity index (χ0v) is 11.8. The zero-order valence-electron chi connectivity index (χ0n) is 11.8. The third-order valence-corrected chi connectivity index (χ3v) is 2.59. The van der Waals surface area contributed by atoms with E-state index in [1.165, 1.54) is 0 Å². The average molecular weight is 284 g/mol. The smallest absolute Gasteiger partial charge is 0.334 e. The van der Waals surface area contributed by atoms with E-state index in [-0.39, 0.29) is 24.5 Å². The molecule has 20 heavy (non-hydrogen) atoms. The third-order valence-electron chi connectivity index (χ3n) is 2.59. The number of carbonyl (C=O) groups excluding carboxylic acids is 2. The van der Waals surface area contributed by atoms with Gasteiger partial charge in [0, 0.05) is 6.42 Å². The molecule has 1 amide bonds. The average Bonchev–Trinajstić information content (AvgIpc) is 2.33. The molecule has 0 aromatic heterocycles. The van der Waals surface area contributed by atoms with Gasteiger partial charge in [0.2, 0.25) is 11.7 Å². The Labute approximate surface area is 118 Å². The first-order chi connectivity index (χ1) is 9.27. The molecule has 0 fully saturated rings. The summed E-state index contributed by atoms with van der Waals surface area (Å²) in [6.07, 6.45) is 1.44. The topological polar surface area (TPSA) is 124 Å². The molecule has 4 N–H and O–H groups in total. The van der Waals surface area contributed by atoms with Crippen LogP contribution >= 0.6 is 0 Å². The second-order valence-corrected chi connectivity index (χ2v) is 4.95. The molecule has 0 saturated heterocycles. The molecule has 0 rings (SSSR count). The molecule has 0 bridgehead atoms. The third kappa shape index (κ3) is 7.45. The fourth-order valence-electron chi connectivity index (χ4n) is 1.60. The molecule has 0 unspecified atom stereocenters. The molecule has 0 aromatic carbocycles. The van der Waals surface area contributed by atoms with Crippen LogP contribution in [0.1, 0.15) is 33.1 Å². The molecule has 0 aliphatic rings. The van der Waals surface area contributed by atoms with Gasteiger partial charge < -0.3 is 16.2 Å². The monoisotopic (exact) mass is 284 g/mol. The quantitative estimate of drug-likeness (QED) is 0.374. The van der Waals surface area contributed by atoms with E-state index in [0.717, 1.165) is 6.21 Å².